The van der Waals surface area contributed by atoms with E-state index in [1.165, 1.54) is 66.4 Å². The molecule has 8 aromatic rings. The predicted molar refractivity (Wildman–Crippen MR) is 231 cm³/mol. The molecule has 0 spiro atoms. The number of hydrogen-bond donors (Lipinski definition) is 0. The van der Waals surface area contributed by atoms with Crippen molar-refractivity contribution in [3.8, 4) is 33.4 Å². The lowest BCUT2D eigenvalue weighted by molar-refractivity contribution is 0.742. The molecule has 0 aliphatic heterocycles. The summed E-state index contributed by atoms with van der Waals surface area (Å²) in [6.45, 7) is 2.32. The molecule has 1 nitrogen and oxygen atoms in total. The van der Waals surface area contributed by atoms with Gasteiger partial charge in [-0.2, -0.15) is 0 Å². The van der Waals surface area contributed by atoms with Crippen molar-refractivity contribution in [3.05, 3.63) is 223 Å². The Morgan fingerprint density at radius 2 is 0.852 bits per heavy atom. The Balaban J connectivity index is 1.18. The average Bonchev–Trinajstić information content (AvgIpc) is 3.25. The van der Waals surface area contributed by atoms with Gasteiger partial charge >= 0.3 is 0 Å². The maximum atomic E-state index is 2.47. The number of rotatable bonds is 8. The van der Waals surface area contributed by atoms with Crippen molar-refractivity contribution in [3.63, 3.8) is 0 Å². The highest BCUT2D eigenvalue weighted by atomic mass is 15.1. The van der Waals surface area contributed by atoms with E-state index < -0.39 is 0 Å². The van der Waals surface area contributed by atoms with Crippen LogP contribution in [-0.4, -0.2) is 0 Å². The second-order valence-electron chi connectivity index (χ2n) is 14.2. The van der Waals surface area contributed by atoms with Crippen molar-refractivity contribution in [1.82, 2.24) is 0 Å². The molecule has 0 fully saturated rings. The van der Waals surface area contributed by atoms with Crippen LogP contribution in [0.25, 0.3) is 55.3 Å². The molecule has 0 bridgehead atoms. The van der Waals surface area contributed by atoms with Crippen molar-refractivity contribution in [1.29, 1.82) is 0 Å². The number of allylic oxidation sites excluding steroid dienone is 4. The van der Waals surface area contributed by atoms with Crippen molar-refractivity contribution >= 4 is 39.0 Å². The standard InChI is InChI=1S/C53H41N/c1-38-21-33-50(52(35-38)46-23-22-41-17-11-12-20-45(41)36-46)51-34-32-49(37-53(51)44-18-9-4-10-19-44)54(47-28-24-42(25-29-47)39-13-5-2-6-14-39)48-30-26-43(27-31-48)40-15-7-3-8-16-40/h2-20,22-38H,21H2,1H3. The lowest BCUT2D eigenvalue weighted by Gasteiger charge is -2.28. The molecule has 54 heavy (non-hydrogen) atoms. The summed E-state index contributed by atoms with van der Waals surface area (Å²) in [6.07, 6.45) is 5.94. The van der Waals surface area contributed by atoms with Gasteiger partial charge in [-0.05, 0) is 121 Å². The SMILES string of the molecule is CC1C=C(c2ccc3ccccc3c2)C(c2ccc(N(c3ccc(-c4ccccc4)cc3)c3ccc(-c4ccccc4)cc3)cc2-c2ccccc2)=CC1. The molecular weight excluding hydrogens is 651 g/mol. The van der Waals surface area contributed by atoms with Crippen LogP contribution < -0.4 is 4.90 Å². The highest BCUT2D eigenvalue weighted by Crippen LogP contribution is 2.45. The maximum Gasteiger partial charge on any atom is 0.0468 e. The second-order valence-corrected chi connectivity index (χ2v) is 14.2. The largest absolute Gasteiger partial charge is 0.310 e. The van der Waals surface area contributed by atoms with E-state index in [0.29, 0.717) is 5.92 Å². The smallest absolute Gasteiger partial charge is 0.0468 e. The third kappa shape index (κ3) is 6.69. The summed E-state index contributed by atoms with van der Waals surface area (Å²) < 4.78 is 0. The Hall–Kier alpha value is -6.70. The van der Waals surface area contributed by atoms with E-state index in [-0.39, 0.29) is 0 Å². The number of benzene rings is 8. The van der Waals surface area contributed by atoms with E-state index in [4.69, 9.17) is 0 Å². The number of hydrogen-bond acceptors (Lipinski definition) is 1. The van der Waals surface area contributed by atoms with Crippen LogP contribution in [0, 0.1) is 5.92 Å². The van der Waals surface area contributed by atoms with Gasteiger partial charge in [0.25, 0.3) is 0 Å². The van der Waals surface area contributed by atoms with E-state index >= 15 is 0 Å². The Bertz CT molecular complexity index is 2520. The van der Waals surface area contributed by atoms with Gasteiger partial charge in [0, 0.05) is 17.1 Å². The lowest BCUT2D eigenvalue weighted by Crippen LogP contribution is -2.11. The van der Waals surface area contributed by atoms with Crippen molar-refractivity contribution in [2.24, 2.45) is 5.92 Å². The van der Waals surface area contributed by atoms with Crippen LogP contribution in [0.4, 0.5) is 17.1 Å². The Morgan fingerprint density at radius 1 is 0.370 bits per heavy atom. The molecule has 1 unspecified atom stereocenters. The van der Waals surface area contributed by atoms with Gasteiger partial charge in [-0.3, -0.25) is 0 Å². The summed E-state index contributed by atoms with van der Waals surface area (Å²) >= 11 is 0. The van der Waals surface area contributed by atoms with E-state index in [9.17, 15) is 0 Å². The zero-order valence-electron chi connectivity index (χ0n) is 30.4. The summed E-state index contributed by atoms with van der Waals surface area (Å²) in [4.78, 5) is 2.39. The molecule has 0 saturated heterocycles. The summed E-state index contributed by atoms with van der Waals surface area (Å²) in [5, 5.41) is 2.53. The van der Waals surface area contributed by atoms with Crippen LogP contribution in [0.3, 0.4) is 0 Å². The molecule has 0 radical (unpaired) electrons. The normalized spacial score (nSPS) is 14.0. The van der Waals surface area contributed by atoms with Crippen LogP contribution in [0.15, 0.2) is 212 Å². The summed E-state index contributed by atoms with van der Waals surface area (Å²) in [7, 11) is 0. The first kappa shape index (κ1) is 33.2. The highest BCUT2D eigenvalue weighted by Gasteiger charge is 2.22. The van der Waals surface area contributed by atoms with Gasteiger partial charge in [0.2, 0.25) is 0 Å². The Morgan fingerprint density at radius 3 is 1.44 bits per heavy atom. The summed E-state index contributed by atoms with van der Waals surface area (Å²) in [5.41, 5.74) is 15.7. The third-order valence-electron chi connectivity index (χ3n) is 10.6. The van der Waals surface area contributed by atoms with Crippen molar-refractivity contribution in [2.45, 2.75) is 13.3 Å². The Kier molecular flexibility index (Phi) is 9.05. The minimum Gasteiger partial charge on any atom is -0.310 e. The van der Waals surface area contributed by atoms with Crippen molar-refractivity contribution < 1.29 is 0 Å². The molecule has 0 heterocycles. The van der Waals surface area contributed by atoms with E-state index in [1.54, 1.807) is 0 Å². The molecule has 1 aliphatic carbocycles. The zero-order valence-corrected chi connectivity index (χ0v) is 30.4. The van der Waals surface area contributed by atoms with Gasteiger partial charge in [0.15, 0.2) is 0 Å². The monoisotopic (exact) mass is 691 g/mol. The summed E-state index contributed by atoms with van der Waals surface area (Å²) in [6, 6.07) is 72.5. The number of fused-ring (bicyclic) bond motifs is 1. The van der Waals surface area contributed by atoms with Gasteiger partial charge in [-0.15, -0.1) is 0 Å². The van der Waals surface area contributed by atoms with Crippen LogP contribution in [0.5, 0.6) is 0 Å². The predicted octanol–water partition coefficient (Wildman–Crippen LogP) is 14.8. The van der Waals surface area contributed by atoms with Crippen LogP contribution in [-0.2, 0) is 0 Å². The van der Waals surface area contributed by atoms with E-state index in [1.807, 2.05) is 0 Å². The first-order valence-corrected chi connectivity index (χ1v) is 18.9. The van der Waals surface area contributed by atoms with Crippen LogP contribution in [0.1, 0.15) is 24.5 Å². The topological polar surface area (TPSA) is 3.24 Å². The fraction of sp³-hybridized carbons (Fsp3) is 0.0566. The first-order valence-electron chi connectivity index (χ1n) is 18.9. The molecule has 9 rings (SSSR count). The Labute approximate surface area is 318 Å². The quantitative estimate of drug-likeness (QED) is 0.153. The van der Waals surface area contributed by atoms with E-state index in [2.05, 4.69) is 224 Å². The average molecular weight is 692 g/mol. The molecule has 1 heteroatoms. The fourth-order valence-electron chi connectivity index (χ4n) is 7.80. The molecule has 0 saturated carbocycles. The van der Waals surface area contributed by atoms with Crippen LogP contribution >= 0.6 is 0 Å². The van der Waals surface area contributed by atoms with Gasteiger partial charge in [0.1, 0.15) is 0 Å². The number of nitrogens with zero attached hydrogens (tertiary/aromatic N) is 1. The zero-order chi connectivity index (χ0) is 36.3. The first-order chi connectivity index (χ1) is 26.7. The maximum absolute atomic E-state index is 2.47. The van der Waals surface area contributed by atoms with Gasteiger partial charge in [-0.1, -0.05) is 177 Å². The minimum atomic E-state index is 0.461. The van der Waals surface area contributed by atoms with Gasteiger partial charge < -0.3 is 4.90 Å². The lowest BCUT2D eigenvalue weighted by atomic mass is 9.81. The van der Waals surface area contributed by atoms with Gasteiger partial charge in [-0.25, -0.2) is 0 Å². The number of anilines is 3. The molecule has 0 aromatic heterocycles. The van der Waals surface area contributed by atoms with E-state index in [0.717, 1.165) is 23.5 Å². The molecule has 1 atom stereocenters. The minimum absolute atomic E-state index is 0.461. The highest BCUT2D eigenvalue weighted by molar-refractivity contribution is 6.10. The third-order valence-corrected chi connectivity index (χ3v) is 10.6. The molecule has 0 N–H and O–H groups in total. The molecule has 8 aromatic carbocycles. The fourth-order valence-corrected chi connectivity index (χ4v) is 7.80. The second kappa shape index (κ2) is 14.7. The molecule has 258 valence electrons. The van der Waals surface area contributed by atoms with Gasteiger partial charge in [0.05, 0.1) is 0 Å². The summed E-state index contributed by atoms with van der Waals surface area (Å²) in [5.74, 6) is 0.461. The molecule has 0 amide bonds. The molecule has 1 aliphatic rings. The van der Waals surface area contributed by atoms with Crippen molar-refractivity contribution in [2.75, 3.05) is 4.90 Å². The molecular formula is C53H41N. The van der Waals surface area contributed by atoms with Crippen LogP contribution in [0.2, 0.25) is 0 Å².